The summed E-state index contributed by atoms with van der Waals surface area (Å²) in [6, 6.07) is 3.96. The van der Waals surface area contributed by atoms with Crippen LogP contribution in [0.2, 0.25) is 5.28 Å². The van der Waals surface area contributed by atoms with E-state index >= 15 is 0 Å². The highest BCUT2D eigenvalue weighted by molar-refractivity contribution is 6.28. The molecule has 0 aliphatic heterocycles. The van der Waals surface area contributed by atoms with Gasteiger partial charge < -0.3 is 0 Å². The molecule has 16 heavy (non-hydrogen) atoms. The first-order valence-electron chi connectivity index (χ1n) is 5.20. The molecule has 0 unspecified atom stereocenters. The molecule has 0 radical (unpaired) electrons. The molecule has 0 atom stereocenters. The summed E-state index contributed by atoms with van der Waals surface area (Å²) in [6.07, 6.45) is 2.60. The van der Waals surface area contributed by atoms with E-state index in [-0.39, 0.29) is 0 Å². The summed E-state index contributed by atoms with van der Waals surface area (Å²) in [5, 5.41) is 8.30. The van der Waals surface area contributed by atoms with E-state index in [9.17, 15) is 0 Å². The fourth-order valence-corrected chi connectivity index (χ4v) is 1.76. The van der Waals surface area contributed by atoms with Gasteiger partial charge >= 0.3 is 0 Å². The number of pyridine rings is 1. The molecule has 0 saturated heterocycles. The SMILES string of the molecule is CCc1nnc(Cl)n1Cc1ncccc1C. The molecule has 0 N–H and O–H groups in total. The van der Waals surface area contributed by atoms with Crippen molar-refractivity contribution >= 4 is 11.6 Å². The zero-order valence-corrected chi connectivity index (χ0v) is 10.1. The van der Waals surface area contributed by atoms with Crippen molar-refractivity contribution in [1.82, 2.24) is 19.7 Å². The third-order valence-corrected chi connectivity index (χ3v) is 2.80. The van der Waals surface area contributed by atoms with Crippen LogP contribution < -0.4 is 0 Å². The van der Waals surface area contributed by atoms with Crippen molar-refractivity contribution in [2.24, 2.45) is 0 Å². The zero-order chi connectivity index (χ0) is 11.5. The second-order valence-corrected chi connectivity index (χ2v) is 3.93. The van der Waals surface area contributed by atoms with E-state index in [1.807, 2.05) is 30.5 Å². The van der Waals surface area contributed by atoms with Crippen LogP contribution in [0.1, 0.15) is 24.0 Å². The van der Waals surface area contributed by atoms with Crippen LogP contribution in [0, 0.1) is 6.92 Å². The van der Waals surface area contributed by atoms with Gasteiger partial charge in [-0.05, 0) is 30.2 Å². The molecule has 0 aliphatic rings. The normalized spacial score (nSPS) is 10.7. The monoisotopic (exact) mass is 236 g/mol. The van der Waals surface area contributed by atoms with Crippen molar-refractivity contribution in [2.45, 2.75) is 26.8 Å². The average Bonchev–Trinajstić information content (AvgIpc) is 2.63. The highest BCUT2D eigenvalue weighted by Gasteiger charge is 2.10. The molecular formula is C11H13ClN4. The molecule has 2 aromatic rings. The topological polar surface area (TPSA) is 43.6 Å². The summed E-state index contributed by atoms with van der Waals surface area (Å²) in [5.74, 6) is 0.884. The molecule has 4 nitrogen and oxygen atoms in total. The second-order valence-electron chi connectivity index (χ2n) is 3.59. The molecule has 0 spiro atoms. The Hall–Kier alpha value is -1.42. The number of nitrogens with zero attached hydrogens (tertiary/aromatic N) is 4. The lowest BCUT2D eigenvalue weighted by molar-refractivity contribution is 0.713. The number of halogens is 1. The Balaban J connectivity index is 2.33. The average molecular weight is 237 g/mol. The van der Waals surface area contributed by atoms with Crippen molar-refractivity contribution in [3.63, 3.8) is 0 Å². The van der Waals surface area contributed by atoms with E-state index in [0.717, 1.165) is 23.5 Å². The van der Waals surface area contributed by atoms with E-state index in [1.54, 1.807) is 6.20 Å². The third-order valence-electron chi connectivity index (χ3n) is 2.52. The van der Waals surface area contributed by atoms with E-state index in [0.29, 0.717) is 11.8 Å². The second kappa shape index (κ2) is 4.61. The number of aromatic nitrogens is 4. The highest BCUT2D eigenvalue weighted by atomic mass is 35.5. The molecule has 5 heteroatoms. The number of hydrogen-bond donors (Lipinski definition) is 0. The van der Waals surface area contributed by atoms with Crippen LogP contribution in [-0.2, 0) is 13.0 Å². The van der Waals surface area contributed by atoms with Gasteiger partial charge in [-0.15, -0.1) is 10.2 Å². The van der Waals surface area contributed by atoms with Crippen LogP contribution >= 0.6 is 11.6 Å². The first-order chi connectivity index (χ1) is 7.72. The molecule has 0 aliphatic carbocycles. The van der Waals surface area contributed by atoms with Crippen LogP contribution in [-0.4, -0.2) is 19.7 Å². The largest absolute Gasteiger partial charge is 0.296 e. The molecule has 0 bridgehead atoms. The van der Waals surface area contributed by atoms with Crippen LogP contribution in [0.15, 0.2) is 18.3 Å². The van der Waals surface area contributed by atoms with Crippen molar-refractivity contribution in [2.75, 3.05) is 0 Å². The molecule has 2 heterocycles. The highest BCUT2D eigenvalue weighted by Crippen LogP contribution is 2.13. The summed E-state index contributed by atoms with van der Waals surface area (Å²) < 4.78 is 1.89. The predicted octanol–water partition coefficient (Wildman–Crippen LogP) is 2.25. The van der Waals surface area contributed by atoms with Gasteiger partial charge in [0.25, 0.3) is 0 Å². The molecule has 0 aromatic carbocycles. The van der Waals surface area contributed by atoms with Crippen molar-refractivity contribution in [3.05, 3.63) is 40.7 Å². The number of hydrogen-bond acceptors (Lipinski definition) is 3. The summed E-state index contributed by atoms with van der Waals surface area (Å²) in [4.78, 5) is 4.33. The summed E-state index contributed by atoms with van der Waals surface area (Å²) in [5.41, 5.74) is 2.15. The predicted molar refractivity (Wildman–Crippen MR) is 62.5 cm³/mol. The van der Waals surface area contributed by atoms with Crippen molar-refractivity contribution in [1.29, 1.82) is 0 Å². The lowest BCUT2D eigenvalue weighted by Crippen LogP contribution is -2.07. The van der Waals surface area contributed by atoms with Crippen molar-refractivity contribution < 1.29 is 0 Å². The maximum atomic E-state index is 5.99. The van der Waals surface area contributed by atoms with Crippen LogP contribution in [0.5, 0.6) is 0 Å². The van der Waals surface area contributed by atoms with E-state index < -0.39 is 0 Å². The lowest BCUT2D eigenvalue weighted by Gasteiger charge is -2.07. The van der Waals surface area contributed by atoms with Crippen molar-refractivity contribution in [3.8, 4) is 0 Å². The maximum absolute atomic E-state index is 5.99. The Labute approximate surface area is 99.3 Å². The van der Waals surface area contributed by atoms with Gasteiger partial charge in [-0.25, -0.2) is 0 Å². The minimum Gasteiger partial charge on any atom is -0.296 e. The third kappa shape index (κ3) is 2.07. The minimum atomic E-state index is 0.418. The van der Waals surface area contributed by atoms with E-state index in [4.69, 9.17) is 11.6 Å². The molecule has 2 rings (SSSR count). The molecular weight excluding hydrogens is 224 g/mol. The van der Waals surface area contributed by atoms with Gasteiger partial charge in [-0.3, -0.25) is 9.55 Å². The fourth-order valence-electron chi connectivity index (χ4n) is 1.57. The van der Waals surface area contributed by atoms with Gasteiger partial charge in [0.05, 0.1) is 12.2 Å². The summed E-state index contributed by atoms with van der Waals surface area (Å²) in [7, 11) is 0. The Kier molecular flexibility index (Phi) is 3.19. The van der Waals surface area contributed by atoms with Gasteiger partial charge in [0, 0.05) is 12.6 Å². The summed E-state index contributed by atoms with van der Waals surface area (Å²) >= 11 is 5.99. The van der Waals surface area contributed by atoms with Gasteiger partial charge in [0.15, 0.2) is 0 Å². The van der Waals surface area contributed by atoms with Gasteiger partial charge in [-0.1, -0.05) is 13.0 Å². The molecule has 2 aromatic heterocycles. The molecule has 0 saturated carbocycles. The quantitative estimate of drug-likeness (QED) is 0.821. The van der Waals surface area contributed by atoms with Crippen LogP contribution in [0.4, 0.5) is 0 Å². The zero-order valence-electron chi connectivity index (χ0n) is 9.31. The number of rotatable bonds is 3. The first-order valence-corrected chi connectivity index (χ1v) is 5.58. The van der Waals surface area contributed by atoms with Gasteiger partial charge in [0.1, 0.15) is 5.82 Å². The molecule has 0 amide bonds. The smallest absolute Gasteiger partial charge is 0.225 e. The Bertz CT molecular complexity index is 492. The number of aryl methyl sites for hydroxylation is 2. The Morgan fingerprint density at radius 1 is 1.38 bits per heavy atom. The Morgan fingerprint density at radius 3 is 2.88 bits per heavy atom. The Morgan fingerprint density at radius 2 is 2.19 bits per heavy atom. The van der Waals surface area contributed by atoms with E-state index in [2.05, 4.69) is 15.2 Å². The van der Waals surface area contributed by atoms with Gasteiger partial charge in [-0.2, -0.15) is 0 Å². The minimum absolute atomic E-state index is 0.418. The first kappa shape index (κ1) is 11.1. The van der Waals surface area contributed by atoms with Crippen LogP contribution in [0.25, 0.3) is 0 Å². The molecule has 84 valence electrons. The molecule has 0 fully saturated rings. The standard InChI is InChI=1S/C11H13ClN4/c1-3-10-14-15-11(12)16(10)7-9-8(2)5-4-6-13-9/h4-6H,3,7H2,1-2H3. The summed E-state index contributed by atoms with van der Waals surface area (Å²) in [6.45, 7) is 4.69. The van der Waals surface area contributed by atoms with Crippen LogP contribution in [0.3, 0.4) is 0 Å². The fraction of sp³-hybridized carbons (Fsp3) is 0.364. The van der Waals surface area contributed by atoms with Gasteiger partial charge in [0.2, 0.25) is 5.28 Å². The lowest BCUT2D eigenvalue weighted by atomic mass is 10.2. The maximum Gasteiger partial charge on any atom is 0.225 e. The van der Waals surface area contributed by atoms with E-state index in [1.165, 1.54) is 0 Å².